The number of carbonyl (C=O) groups is 3. The zero-order valence-electron chi connectivity index (χ0n) is 17.5. The molecule has 8 nitrogen and oxygen atoms in total. The van der Waals surface area contributed by atoms with E-state index in [1.165, 1.54) is 0 Å². The van der Waals surface area contributed by atoms with Crippen LogP contribution in [-0.4, -0.2) is 91.6 Å². The van der Waals surface area contributed by atoms with Crippen molar-refractivity contribution in [3.63, 3.8) is 0 Å². The number of carbonyl (C=O) groups excluding carboxylic acids is 3. The number of urea groups is 1. The molecule has 1 N–H and O–H groups in total. The van der Waals surface area contributed by atoms with Gasteiger partial charge in [-0.15, -0.1) is 0 Å². The number of hydrogen-bond acceptors (Lipinski definition) is 4. The van der Waals surface area contributed by atoms with Crippen LogP contribution in [0, 0.1) is 17.8 Å². The van der Waals surface area contributed by atoms with E-state index in [2.05, 4.69) is 10.2 Å². The lowest BCUT2D eigenvalue weighted by molar-refractivity contribution is -0.144. The number of ether oxygens (including phenoxy) is 1. The van der Waals surface area contributed by atoms with E-state index in [0.29, 0.717) is 56.4 Å². The molecule has 4 fully saturated rings. The van der Waals surface area contributed by atoms with Crippen molar-refractivity contribution in [2.24, 2.45) is 17.8 Å². The second-order valence-electron chi connectivity index (χ2n) is 9.10. The molecule has 4 aliphatic rings. The highest BCUT2D eigenvalue weighted by atomic mass is 16.5. The first-order valence-corrected chi connectivity index (χ1v) is 11.2. The average molecular weight is 407 g/mol. The Morgan fingerprint density at radius 2 is 1.90 bits per heavy atom. The first kappa shape index (κ1) is 20.4. The minimum atomic E-state index is -0.0153. The highest BCUT2D eigenvalue weighted by Crippen LogP contribution is 2.38. The summed E-state index contributed by atoms with van der Waals surface area (Å²) in [6.45, 7) is 4.66. The molecule has 4 aliphatic heterocycles. The molecule has 0 spiro atoms. The quantitative estimate of drug-likeness (QED) is 0.704. The Balaban J connectivity index is 1.29. The number of nitrogens with one attached hydrogen (secondary N) is 1. The third-order valence-corrected chi connectivity index (χ3v) is 7.19. The van der Waals surface area contributed by atoms with Crippen LogP contribution in [0.5, 0.6) is 0 Å². The summed E-state index contributed by atoms with van der Waals surface area (Å²) in [4.78, 5) is 43.7. The zero-order valence-corrected chi connectivity index (χ0v) is 17.5. The predicted molar refractivity (Wildman–Crippen MR) is 107 cm³/mol. The summed E-state index contributed by atoms with van der Waals surface area (Å²) >= 11 is 0. The molecular weight excluding hydrogens is 372 g/mol. The van der Waals surface area contributed by atoms with E-state index in [4.69, 9.17) is 4.74 Å². The van der Waals surface area contributed by atoms with Crippen molar-refractivity contribution in [3.05, 3.63) is 0 Å². The van der Waals surface area contributed by atoms with Gasteiger partial charge >= 0.3 is 6.03 Å². The second-order valence-corrected chi connectivity index (χ2v) is 9.10. The summed E-state index contributed by atoms with van der Waals surface area (Å²) in [6, 6.07) is 0.443. The zero-order chi connectivity index (χ0) is 20.4. The molecule has 4 rings (SSSR count). The van der Waals surface area contributed by atoms with Crippen LogP contribution < -0.4 is 5.32 Å². The van der Waals surface area contributed by atoms with E-state index in [1.807, 2.05) is 9.80 Å². The molecule has 0 radical (unpaired) electrons. The third kappa shape index (κ3) is 4.37. The van der Waals surface area contributed by atoms with Gasteiger partial charge in [0, 0.05) is 64.8 Å². The van der Waals surface area contributed by atoms with Gasteiger partial charge in [0.05, 0.1) is 6.61 Å². The Bertz CT molecular complexity index is 634. The monoisotopic (exact) mass is 406 g/mol. The van der Waals surface area contributed by atoms with E-state index in [0.717, 1.165) is 51.7 Å². The molecule has 4 saturated heterocycles. The lowest BCUT2D eigenvalue weighted by Crippen LogP contribution is -2.62. The van der Waals surface area contributed by atoms with E-state index in [9.17, 15) is 14.4 Å². The number of amides is 4. The van der Waals surface area contributed by atoms with Gasteiger partial charge in [-0.25, -0.2) is 4.79 Å². The van der Waals surface area contributed by atoms with Crippen molar-refractivity contribution in [2.45, 2.75) is 44.6 Å². The van der Waals surface area contributed by atoms with Gasteiger partial charge in [-0.2, -0.15) is 0 Å². The summed E-state index contributed by atoms with van der Waals surface area (Å²) in [6.07, 6.45) is 5.32. The number of hydrogen-bond donors (Lipinski definition) is 1. The van der Waals surface area contributed by atoms with Crippen LogP contribution in [0.3, 0.4) is 0 Å². The minimum absolute atomic E-state index is 0.0153. The SMILES string of the molecule is COCCNC(=O)C1CCN(C(=O)N2C[C@@H]3C[C@H](C2)[C@H]2CCCC(=O)N2C3)CC1. The standard InChI is InChI=1S/C21H34N4O4/c1-29-10-7-22-20(27)16-5-8-23(9-6-16)21(28)24-12-15-11-17(14-24)18-3-2-4-19(26)25(18)13-15/h15-18H,2-14H2,1H3,(H,22,27)/t15-,17+,18+/m0/s1. The molecule has 2 bridgehead atoms. The maximum atomic E-state index is 13.2. The first-order chi connectivity index (χ1) is 14.1. The van der Waals surface area contributed by atoms with Crippen LogP contribution in [0.1, 0.15) is 38.5 Å². The summed E-state index contributed by atoms with van der Waals surface area (Å²) in [5, 5.41) is 2.91. The van der Waals surface area contributed by atoms with Crippen molar-refractivity contribution < 1.29 is 19.1 Å². The van der Waals surface area contributed by atoms with Crippen LogP contribution >= 0.6 is 0 Å². The number of rotatable bonds is 4. The fourth-order valence-corrected chi connectivity index (χ4v) is 5.72. The molecule has 4 amide bonds. The van der Waals surface area contributed by atoms with Crippen LogP contribution in [0.2, 0.25) is 0 Å². The van der Waals surface area contributed by atoms with Gasteiger partial charge in [-0.1, -0.05) is 0 Å². The molecule has 162 valence electrons. The van der Waals surface area contributed by atoms with Gasteiger partial charge in [0.1, 0.15) is 0 Å². The Kier molecular flexibility index (Phi) is 6.27. The molecule has 29 heavy (non-hydrogen) atoms. The number of fused-ring (bicyclic) bond motifs is 4. The fourth-order valence-electron chi connectivity index (χ4n) is 5.72. The minimum Gasteiger partial charge on any atom is -0.383 e. The Labute approximate surface area is 172 Å². The molecule has 0 aromatic carbocycles. The van der Waals surface area contributed by atoms with Crippen LogP contribution in [0.15, 0.2) is 0 Å². The predicted octanol–water partition coefficient (Wildman–Crippen LogP) is 0.914. The molecule has 4 heterocycles. The summed E-state index contributed by atoms with van der Waals surface area (Å²) in [5.41, 5.74) is 0. The number of likely N-dealkylation sites (tertiary alicyclic amines) is 2. The topological polar surface area (TPSA) is 82.2 Å². The van der Waals surface area contributed by atoms with Crippen molar-refractivity contribution in [1.29, 1.82) is 0 Å². The van der Waals surface area contributed by atoms with Crippen LogP contribution in [0.25, 0.3) is 0 Å². The van der Waals surface area contributed by atoms with Crippen LogP contribution in [-0.2, 0) is 14.3 Å². The van der Waals surface area contributed by atoms with Crippen molar-refractivity contribution in [1.82, 2.24) is 20.0 Å². The molecule has 0 aromatic rings. The smallest absolute Gasteiger partial charge is 0.320 e. The van der Waals surface area contributed by atoms with Crippen LogP contribution in [0.4, 0.5) is 4.79 Å². The summed E-state index contributed by atoms with van der Waals surface area (Å²) < 4.78 is 4.97. The van der Waals surface area contributed by atoms with Gasteiger partial charge in [-0.3, -0.25) is 9.59 Å². The molecule has 8 heteroatoms. The van der Waals surface area contributed by atoms with Crippen molar-refractivity contribution in [3.8, 4) is 0 Å². The Hall–Kier alpha value is -1.83. The van der Waals surface area contributed by atoms with Gasteiger partial charge in [0.25, 0.3) is 0 Å². The molecule has 0 aliphatic carbocycles. The van der Waals surface area contributed by atoms with Gasteiger partial charge < -0.3 is 24.8 Å². The van der Waals surface area contributed by atoms with E-state index < -0.39 is 0 Å². The largest absolute Gasteiger partial charge is 0.383 e. The lowest BCUT2D eigenvalue weighted by Gasteiger charge is -2.53. The molecule has 0 aromatic heterocycles. The molecular formula is C21H34N4O4. The number of piperidine rings is 4. The number of methoxy groups -OCH3 is 1. The van der Waals surface area contributed by atoms with Gasteiger partial charge in [0.2, 0.25) is 11.8 Å². The average Bonchev–Trinajstić information content (AvgIpc) is 2.74. The van der Waals surface area contributed by atoms with E-state index in [1.54, 1.807) is 7.11 Å². The maximum absolute atomic E-state index is 13.2. The highest BCUT2D eigenvalue weighted by molar-refractivity contribution is 5.80. The number of nitrogens with zero attached hydrogens (tertiary/aromatic N) is 3. The second kappa shape index (κ2) is 8.90. The van der Waals surface area contributed by atoms with E-state index in [-0.39, 0.29) is 17.9 Å². The first-order valence-electron chi connectivity index (χ1n) is 11.2. The van der Waals surface area contributed by atoms with Gasteiger partial charge in [0.15, 0.2) is 0 Å². The third-order valence-electron chi connectivity index (χ3n) is 7.19. The highest BCUT2D eigenvalue weighted by Gasteiger charge is 2.45. The fraction of sp³-hybridized carbons (Fsp3) is 0.857. The maximum Gasteiger partial charge on any atom is 0.320 e. The lowest BCUT2D eigenvalue weighted by atomic mass is 9.76. The molecule has 0 saturated carbocycles. The Morgan fingerprint density at radius 3 is 2.66 bits per heavy atom. The van der Waals surface area contributed by atoms with E-state index >= 15 is 0 Å². The summed E-state index contributed by atoms with van der Waals surface area (Å²) in [5.74, 6) is 1.18. The van der Waals surface area contributed by atoms with Crippen molar-refractivity contribution in [2.75, 3.05) is 53.0 Å². The molecule has 3 atom stereocenters. The van der Waals surface area contributed by atoms with Crippen molar-refractivity contribution >= 4 is 17.8 Å². The van der Waals surface area contributed by atoms with Gasteiger partial charge in [-0.05, 0) is 43.9 Å². The molecule has 0 unspecified atom stereocenters. The normalized spacial score (nSPS) is 30.2. The Morgan fingerprint density at radius 1 is 1.10 bits per heavy atom. The summed E-state index contributed by atoms with van der Waals surface area (Å²) in [7, 11) is 1.62.